The zero-order valence-corrected chi connectivity index (χ0v) is 23.4. The Balaban J connectivity index is 1.61. The Kier molecular flexibility index (Phi) is 7.21. The highest BCUT2D eigenvalue weighted by atomic mass is 32.2. The van der Waals surface area contributed by atoms with Gasteiger partial charge in [-0.3, -0.25) is 0 Å². The molecule has 4 heterocycles. The largest absolute Gasteiger partial charge is 0.476 e. The summed E-state index contributed by atoms with van der Waals surface area (Å²) in [7, 11) is 1.12. The lowest BCUT2D eigenvalue weighted by atomic mass is 9.85. The van der Waals surface area contributed by atoms with Crippen molar-refractivity contribution in [2.45, 2.75) is 79.8 Å². The van der Waals surface area contributed by atoms with E-state index in [0.29, 0.717) is 29.9 Å². The number of anilines is 1. The summed E-state index contributed by atoms with van der Waals surface area (Å²) in [6.45, 7) is 5.65. The van der Waals surface area contributed by atoms with Crippen LogP contribution in [0.1, 0.15) is 55.7 Å². The number of halogens is 4. The lowest BCUT2D eigenvalue weighted by Gasteiger charge is -2.46. The monoisotopic (exact) mass is 584 g/mol. The first kappa shape index (κ1) is 27.9. The zero-order chi connectivity index (χ0) is 28.3. The third-order valence-electron chi connectivity index (χ3n) is 7.37. The van der Waals surface area contributed by atoms with Crippen LogP contribution in [0.2, 0.25) is 0 Å². The number of methoxy groups -OCH3 is 1. The number of aryl methyl sites for hydroxylation is 1. The van der Waals surface area contributed by atoms with Crippen LogP contribution in [-0.2, 0) is 4.74 Å². The molecule has 2 fully saturated rings. The molecule has 1 aromatic carbocycles. The molecule has 2 aliphatic heterocycles. The highest BCUT2D eigenvalue weighted by molar-refractivity contribution is 8.01. The Labute approximate surface area is 231 Å². The molecule has 39 heavy (non-hydrogen) atoms. The smallest absolute Gasteiger partial charge is 0.417 e. The molecule has 2 saturated heterocycles. The number of carbonyl (C=O) groups is 1. The molecule has 0 saturated carbocycles. The lowest BCUT2D eigenvalue weighted by Crippen LogP contribution is -2.59. The molecule has 7 nitrogen and oxygen atoms in total. The maximum absolute atomic E-state index is 14.1. The molecule has 210 valence electrons. The van der Waals surface area contributed by atoms with E-state index in [1.54, 1.807) is 13.0 Å². The number of alkyl halides is 3. The van der Waals surface area contributed by atoms with Gasteiger partial charge < -0.3 is 14.7 Å². The first-order valence-corrected chi connectivity index (χ1v) is 14.2. The Hall–Kier alpha value is -2.64. The van der Waals surface area contributed by atoms with Gasteiger partial charge in [-0.2, -0.15) is 27.9 Å². The van der Waals surface area contributed by atoms with Crippen molar-refractivity contribution in [3.63, 3.8) is 0 Å². The summed E-state index contributed by atoms with van der Waals surface area (Å²) >= 11 is 2.77. The summed E-state index contributed by atoms with van der Waals surface area (Å²) in [5, 5.41) is 15.1. The van der Waals surface area contributed by atoms with Crippen LogP contribution < -0.4 is 4.90 Å². The van der Waals surface area contributed by atoms with Gasteiger partial charge in [-0.25, -0.2) is 9.18 Å². The van der Waals surface area contributed by atoms with E-state index in [4.69, 9.17) is 9.72 Å². The van der Waals surface area contributed by atoms with Gasteiger partial charge in [0.25, 0.3) is 0 Å². The first-order valence-electron chi connectivity index (χ1n) is 12.5. The summed E-state index contributed by atoms with van der Waals surface area (Å²) in [6, 6.07) is 4.80. The van der Waals surface area contributed by atoms with Crippen molar-refractivity contribution in [3.8, 4) is 16.3 Å². The van der Waals surface area contributed by atoms with Gasteiger partial charge >= 0.3 is 12.1 Å². The average molecular weight is 585 g/mol. The van der Waals surface area contributed by atoms with Crippen LogP contribution in [0.4, 0.5) is 23.4 Å². The summed E-state index contributed by atoms with van der Waals surface area (Å²) in [5.74, 6) is -1.21. The van der Waals surface area contributed by atoms with Crippen LogP contribution >= 0.6 is 23.1 Å². The molecule has 1 N–H and O–H groups in total. The van der Waals surface area contributed by atoms with Gasteiger partial charge in [-0.05, 0) is 37.5 Å². The molecule has 0 radical (unpaired) electrons. The number of benzene rings is 1. The number of hydrogen-bond acceptors (Lipinski definition) is 7. The molecule has 2 aliphatic rings. The van der Waals surface area contributed by atoms with Crippen molar-refractivity contribution in [3.05, 3.63) is 41.5 Å². The normalized spacial score (nSPS) is 23.2. The van der Waals surface area contributed by atoms with Crippen molar-refractivity contribution in [1.82, 2.24) is 14.8 Å². The Bertz CT molecular complexity index is 1390. The fourth-order valence-electron chi connectivity index (χ4n) is 5.75. The molecule has 2 bridgehead atoms. The number of fused-ring (bicyclic) bond motifs is 2. The lowest BCUT2D eigenvalue weighted by molar-refractivity contribution is -0.279. The molecule has 2 unspecified atom stereocenters. The number of aromatic carboxylic acids is 1. The molecular weight excluding hydrogens is 556 g/mol. The summed E-state index contributed by atoms with van der Waals surface area (Å²) in [4.78, 5) is 19.2. The zero-order valence-electron chi connectivity index (χ0n) is 21.8. The molecule has 2 aromatic heterocycles. The first-order chi connectivity index (χ1) is 18.3. The molecule has 0 spiro atoms. The summed E-state index contributed by atoms with van der Waals surface area (Å²) in [6.07, 6.45) is -3.74. The van der Waals surface area contributed by atoms with E-state index in [1.807, 2.05) is 18.7 Å². The molecule has 13 heteroatoms. The number of thiazole rings is 1. The summed E-state index contributed by atoms with van der Waals surface area (Å²) < 4.78 is 63.3. The van der Waals surface area contributed by atoms with E-state index in [9.17, 15) is 27.5 Å². The molecular formula is C26H28F4N4O3S2. The van der Waals surface area contributed by atoms with Gasteiger partial charge in [0, 0.05) is 42.8 Å². The fraction of sp³-hybridized carbons (Fsp3) is 0.500. The van der Waals surface area contributed by atoms with Gasteiger partial charge in [-0.1, -0.05) is 37.3 Å². The highest BCUT2D eigenvalue weighted by Crippen LogP contribution is 2.53. The number of piperidine rings is 1. The maximum atomic E-state index is 14.1. The number of carboxylic acid groups (broad SMARTS) is 1. The quantitative estimate of drug-likeness (QED) is 0.244. The van der Waals surface area contributed by atoms with Crippen LogP contribution in [0.3, 0.4) is 0 Å². The minimum Gasteiger partial charge on any atom is -0.476 e. The van der Waals surface area contributed by atoms with E-state index < -0.39 is 35.6 Å². The second-order valence-electron chi connectivity index (χ2n) is 10.2. The van der Waals surface area contributed by atoms with Crippen molar-refractivity contribution in [1.29, 1.82) is 0 Å². The van der Waals surface area contributed by atoms with Crippen LogP contribution in [0, 0.1) is 12.7 Å². The Morgan fingerprint density at radius 3 is 2.46 bits per heavy atom. The van der Waals surface area contributed by atoms with Crippen molar-refractivity contribution in [2.75, 3.05) is 12.0 Å². The molecule has 5 rings (SSSR count). The highest BCUT2D eigenvalue weighted by Gasteiger charge is 2.62. The number of ether oxygens (including phenoxy) is 1. The SMILES string of the molecule is COC1(C(F)(F)F)CC2CCC(C1)N2c1nc(-n2nc(C)c(-c3cccc(F)c3)c2C(=O)O)sc1SC(C)C. The predicted octanol–water partition coefficient (Wildman–Crippen LogP) is 6.72. The van der Waals surface area contributed by atoms with E-state index in [0.717, 1.165) is 11.3 Å². The van der Waals surface area contributed by atoms with E-state index >= 15 is 0 Å². The average Bonchev–Trinajstić information content (AvgIpc) is 3.48. The number of aromatic nitrogens is 3. The Morgan fingerprint density at radius 1 is 1.26 bits per heavy atom. The van der Waals surface area contributed by atoms with Crippen LogP contribution in [0.25, 0.3) is 16.3 Å². The van der Waals surface area contributed by atoms with Gasteiger partial charge in [-0.15, -0.1) is 11.8 Å². The fourth-order valence-corrected chi connectivity index (χ4v) is 8.19. The van der Waals surface area contributed by atoms with E-state index in [-0.39, 0.29) is 34.5 Å². The van der Waals surface area contributed by atoms with Gasteiger partial charge in [0.1, 0.15) is 10.0 Å². The Morgan fingerprint density at radius 2 is 1.92 bits per heavy atom. The van der Waals surface area contributed by atoms with Crippen LogP contribution in [-0.4, -0.2) is 62.1 Å². The number of thioether (sulfide) groups is 1. The minimum absolute atomic E-state index is 0.147. The van der Waals surface area contributed by atoms with Gasteiger partial charge in [0.2, 0.25) is 5.13 Å². The van der Waals surface area contributed by atoms with E-state index in [2.05, 4.69) is 5.10 Å². The topological polar surface area (TPSA) is 80.5 Å². The van der Waals surface area contributed by atoms with Crippen molar-refractivity contribution < 1.29 is 32.2 Å². The van der Waals surface area contributed by atoms with Crippen LogP contribution in [0.5, 0.6) is 0 Å². The standard InChI is InChI=1S/C26H28F4N4O3S2/c1-13(2)38-23-21(33-17-8-9-18(33)12-25(11-17,37-4)26(28,29)30)31-24(39-23)34-20(22(35)36)19(14(3)32-34)15-6-5-7-16(27)10-15/h5-7,10,13,17-18H,8-9,11-12H2,1-4H3,(H,35,36). The molecule has 3 aromatic rings. The number of carboxylic acids is 1. The molecule has 0 amide bonds. The van der Waals surface area contributed by atoms with Gasteiger partial charge in [0.15, 0.2) is 17.1 Å². The molecule has 0 aliphatic carbocycles. The van der Waals surface area contributed by atoms with Crippen LogP contribution in [0.15, 0.2) is 28.5 Å². The number of nitrogens with zero attached hydrogens (tertiary/aromatic N) is 4. The van der Waals surface area contributed by atoms with Gasteiger partial charge in [0.05, 0.1) is 5.69 Å². The molecule has 2 atom stereocenters. The predicted molar refractivity (Wildman–Crippen MR) is 142 cm³/mol. The minimum atomic E-state index is -4.49. The second kappa shape index (κ2) is 10.1. The number of hydrogen-bond donors (Lipinski definition) is 1. The maximum Gasteiger partial charge on any atom is 0.417 e. The summed E-state index contributed by atoms with van der Waals surface area (Å²) in [5.41, 5.74) is -1.31. The number of rotatable bonds is 7. The third kappa shape index (κ3) is 4.82. The van der Waals surface area contributed by atoms with Crippen molar-refractivity contribution in [2.24, 2.45) is 0 Å². The van der Waals surface area contributed by atoms with Crippen molar-refractivity contribution >= 4 is 34.9 Å². The van der Waals surface area contributed by atoms with E-state index in [1.165, 1.54) is 46.0 Å². The third-order valence-corrected chi connectivity index (χ3v) is 9.59. The second-order valence-corrected chi connectivity index (χ2v) is 13.0.